The molecule has 1 unspecified atom stereocenters. The number of imidazole rings is 1. The number of pyridine rings is 1. The Kier molecular flexibility index (Phi) is 5.26. The zero-order valence-electron chi connectivity index (χ0n) is 20.6. The third-order valence-corrected chi connectivity index (χ3v) is 7.03. The fourth-order valence-electron chi connectivity index (χ4n) is 5.39. The fraction of sp³-hybridized carbons (Fsp3) is 0.250. The quantitative estimate of drug-likeness (QED) is 0.417. The topological polar surface area (TPSA) is 91.2 Å². The van der Waals surface area contributed by atoms with Crippen molar-refractivity contribution in [1.29, 1.82) is 0 Å². The number of benzene rings is 2. The summed E-state index contributed by atoms with van der Waals surface area (Å²) in [5.41, 5.74) is 12.2. The predicted octanol–water partition coefficient (Wildman–Crippen LogP) is 4.15. The summed E-state index contributed by atoms with van der Waals surface area (Å²) in [4.78, 5) is 25.1. The van der Waals surface area contributed by atoms with E-state index in [1.807, 2.05) is 48.0 Å². The molecule has 36 heavy (non-hydrogen) atoms. The normalized spacial score (nSPS) is 15.4. The molecule has 1 aliphatic rings. The van der Waals surface area contributed by atoms with Gasteiger partial charge in [0.1, 0.15) is 16.9 Å². The molecule has 0 saturated carbocycles. The van der Waals surface area contributed by atoms with Gasteiger partial charge in [-0.3, -0.25) is 4.79 Å². The number of aryl methyl sites for hydroxylation is 2. The number of aromatic nitrogens is 4. The number of anilines is 1. The summed E-state index contributed by atoms with van der Waals surface area (Å²) in [5, 5.41) is 1.06. The van der Waals surface area contributed by atoms with Gasteiger partial charge >= 0.3 is 0 Å². The second kappa shape index (κ2) is 8.49. The Morgan fingerprint density at radius 3 is 2.81 bits per heavy atom. The molecule has 3 aromatic heterocycles. The summed E-state index contributed by atoms with van der Waals surface area (Å²) in [7, 11) is 3.59. The van der Waals surface area contributed by atoms with E-state index in [2.05, 4.69) is 28.6 Å². The lowest BCUT2D eigenvalue weighted by molar-refractivity contribution is 0.0983. The van der Waals surface area contributed by atoms with Crippen LogP contribution in [0.3, 0.4) is 0 Å². The van der Waals surface area contributed by atoms with Crippen LogP contribution in [0.4, 0.5) is 5.69 Å². The molecule has 0 bridgehead atoms. The number of hydrogen-bond donors (Lipinski definition) is 1. The second-order valence-corrected chi connectivity index (χ2v) is 9.24. The van der Waals surface area contributed by atoms with Crippen LogP contribution in [0, 0.1) is 0 Å². The zero-order chi connectivity index (χ0) is 25.0. The molecular formula is C28H28N6O2. The van der Waals surface area contributed by atoms with Gasteiger partial charge in [-0.25, -0.2) is 9.97 Å². The van der Waals surface area contributed by atoms with Crippen LogP contribution < -0.4 is 15.4 Å². The predicted molar refractivity (Wildman–Crippen MR) is 141 cm³/mol. The summed E-state index contributed by atoms with van der Waals surface area (Å²) in [6.07, 6.45) is 2.56. The van der Waals surface area contributed by atoms with Crippen LogP contribution >= 0.6 is 0 Å². The van der Waals surface area contributed by atoms with Crippen LogP contribution in [-0.4, -0.2) is 44.7 Å². The van der Waals surface area contributed by atoms with E-state index in [0.717, 1.165) is 52.3 Å². The van der Waals surface area contributed by atoms with Gasteiger partial charge in [0.25, 0.3) is 5.91 Å². The van der Waals surface area contributed by atoms with Crippen molar-refractivity contribution in [2.24, 2.45) is 12.8 Å². The van der Waals surface area contributed by atoms with Crippen LogP contribution in [0.2, 0.25) is 0 Å². The van der Waals surface area contributed by atoms with Crippen molar-refractivity contribution < 1.29 is 9.53 Å². The van der Waals surface area contributed by atoms with E-state index in [4.69, 9.17) is 15.5 Å². The minimum atomic E-state index is -0.114. The minimum absolute atomic E-state index is 0.111. The molecule has 0 fully saturated rings. The Morgan fingerprint density at radius 2 is 2.00 bits per heavy atom. The van der Waals surface area contributed by atoms with Gasteiger partial charge < -0.3 is 24.5 Å². The molecule has 182 valence electrons. The molecule has 1 atom stereocenters. The number of amides is 1. The van der Waals surface area contributed by atoms with Crippen molar-refractivity contribution in [1.82, 2.24) is 19.1 Å². The molecule has 0 aliphatic carbocycles. The molecule has 5 aromatic rings. The Labute approximate surface area is 208 Å². The van der Waals surface area contributed by atoms with Gasteiger partial charge in [-0.05, 0) is 55.3 Å². The number of nitrogens with zero attached hydrogens (tertiary/aromatic N) is 5. The van der Waals surface area contributed by atoms with E-state index in [1.54, 1.807) is 24.3 Å². The van der Waals surface area contributed by atoms with Crippen molar-refractivity contribution in [3.8, 4) is 17.3 Å². The maximum atomic E-state index is 13.8. The number of fused-ring (bicyclic) bond motifs is 3. The SMILES string of the molecule is CCn1c(-c2nc3cc(C(=O)N4CC(N)Cc5ccccc54)cc(OC)c3n2C)cc2cccnc21. The standard InChI is InChI=1S/C28H28N6O2/c1-4-33-23(14-18-9-7-11-30-26(18)33)27-31-21-13-19(15-24(36-3)25(21)32(27)2)28(35)34-16-20(29)12-17-8-5-6-10-22(17)34/h5-11,13-15,20H,4,12,16,29H2,1-3H3. The van der Waals surface area contributed by atoms with Crippen LogP contribution in [0.1, 0.15) is 22.8 Å². The molecule has 0 radical (unpaired) electrons. The van der Waals surface area contributed by atoms with Gasteiger partial charge in [0.05, 0.1) is 18.3 Å². The van der Waals surface area contributed by atoms with Crippen LogP contribution in [0.5, 0.6) is 5.75 Å². The largest absolute Gasteiger partial charge is 0.494 e. The maximum absolute atomic E-state index is 13.8. The lowest BCUT2D eigenvalue weighted by Crippen LogP contribution is -2.46. The first-order chi connectivity index (χ1) is 17.5. The van der Waals surface area contributed by atoms with Gasteiger partial charge in [0.15, 0.2) is 5.82 Å². The monoisotopic (exact) mass is 480 g/mol. The highest BCUT2D eigenvalue weighted by atomic mass is 16.5. The zero-order valence-corrected chi connectivity index (χ0v) is 20.6. The lowest BCUT2D eigenvalue weighted by Gasteiger charge is -2.33. The minimum Gasteiger partial charge on any atom is -0.494 e. The summed E-state index contributed by atoms with van der Waals surface area (Å²) in [6, 6.07) is 17.6. The number of para-hydroxylation sites is 1. The van der Waals surface area contributed by atoms with Crippen molar-refractivity contribution in [3.63, 3.8) is 0 Å². The molecule has 1 amide bonds. The Balaban J connectivity index is 1.49. The summed E-state index contributed by atoms with van der Waals surface area (Å²) in [6.45, 7) is 3.32. The van der Waals surface area contributed by atoms with Gasteiger partial charge in [0, 0.05) is 49.0 Å². The first kappa shape index (κ1) is 22.3. The molecule has 2 N–H and O–H groups in total. The summed E-state index contributed by atoms with van der Waals surface area (Å²) >= 11 is 0. The van der Waals surface area contributed by atoms with Gasteiger partial charge in [-0.2, -0.15) is 0 Å². The number of ether oxygens (including phenoxy) is 1. The van der Waals surface area contributed by atoms with Crippen molar-refractivity contribution in [2.75, 3.05) is 18.6 Å². The smallest absolute Gasteiger partial charge is 0.258 e. The molecule has 8 nitrogen and oxygen atoms in total. The third kappa shape index (κ3) is 3.37. The first-order valence-corrected chi connectivity index (χ1v) is 12.1. The number of carbonyl (C=O) groups is 1. The van der Waals surface area contributed by atoms with E-state index in [0.29, 0.717) is 23.4 Å². The van der Waals surface area contributed by atoms with Crippen molar-refractivity contribution in [3.05, 3.63) is 71.9 Å². The van der Waals surface area contributed by atoms with Crippen LogP contribution in [0.25, 0.3) is 33.6 Å². The molecule has 6 rings (SSSR count). The molecule has 4 heterocycles. The first-order valence-electron chi connectivity index (χ1n) is 12.1. The summed E-state index contributed by atoms with van der Waals surface area (Å²) in [5.74, 6) is 1.28. The average molecular weight is 481 g/mol. The average Bonchev–Trinajstić information content (AvgIpc) is 3.44. The molecular weight excluding hydrogens is 452 g/mol. The van der Waals surface area contributed by atoms with Gasteiger partial charge in [-0.1, -0.05) is 18.2 Å². The highest BCUT2D eigenvalue weighted by molar-refractivity contribution is 6.09. The van der Waals surface area contributed by atoms with E-state index >= 15 is 0 Å². The number of methoxy groups -OCH3 is 1. The van der Waals surface area contributed by atoms with Crippen molar-refractivity contribution >= 4 is 33.7 Å². The molecule has 0 saturated heterocycles. The van der Waals surface area contributed by atoms with Gasteiger partial charge in [0.2, 0.25) is 0 Å². The lowest BCUT2D eigenvalue weighted by atomic mass is 9.97. The van der Waals surface area contributed by atoms with Gasteiger partial charge in [-0.15, -0.1) is 0 Å². The molecule has 8 heteroatoms. The molecule has 0 spiro atoms. The van der Waals surface area contributed by atoms with E-state index < -0.39 is 0 Å². The number of nitrogens with two attached hydrogens (primary N) is 1. The number of rotatable bonds is 4. The second-order valence-electron chi connectivity index (χ2n) is 9.24. The van der Waals surface area contributed by atoms with Crippen LogP contribution in [-0.2, 0) is 20.0 Å². The van der Waals surface area contributed by atoms with Crippen LogP contribution in [0.15, 0.2) is 60.8 Å². The summed E-state index contributed by atoms with van der Waals surface area (Å²) < 4.78 is 9.94. The number of carbonyl (C=O) groups excluding carboxylic acids is 1. The third-order valence-electron chi connectivity index (χ3n) is 7.03. The van der Waals surface area contributed by atoms with E-state index in [9.17, 15) is 4.79 Å². The Morgan fingerprint density at radius 1 is 1.17 bits per heavy atom. The highest BCUT2D eigenvalue weighted by Gasteiger charge is 2.29. The highest BCUT2D eigenvalue weighted by Crippen LogP contribution is 2.35. The molecule has 1 aliphatic heterocycles. The fourth-order valence-corrected chi connectivity index (χ4v) is 5.39. The number of hydrogen-bond acceptors (Lipinski definition) is 5. The molecule has 2 aromatic carbocycles. The maximum Gasteiger partial charge on any atom is 0.258 e. The van der Waals surface area contributed by atoms with Crippen molar-refractivity contribution in [2.45, 2.75) is 25.9 Å². The Hall–Kier alpha value is -4.17. The van der Waals surface area contributed by atoms with E-state index in [-0.39, 0.29) is 11.9 Å². The Bertz CT molecular complexity index is 1630. The van der Waals surface area contributed by atoms with E-state index in [1.165, 1.54) is 0 Å².